The van der Waals surface area contributed by atoms with Gasteiger partial charge < -0.3 is 20.1 Å². The molecule has 2 aliphatic heterocycles. The van der Waals surface area contributed by atoms with Crippen molar-refractivity contribution in [2.45, 2.75) is 58.2 Å². The molecule has 2 heterocycles. The molecule has 0 aromatic heterocycles. The zero-order chi connectivity index (χ0) is 19.1. The van der Waals surface area contributed by atoms with E-state index in [9.17, 15) is 20.0 Å². The van der Waals surface area contributed by atoms with Gasteiger partial charge in [-0.3, -0.25) is 14.9 Å². The van der Waals surface area contributed by atoms with Crippen molar-refractivity contribution in [1.29, 1.82) is 0 Å². The average Bonchev–Trinajstić information content (AvgIpc) is 2.56. The van der Waals surface area contributed by atoms with Crippen molar-refractivity contribution in [3.63, 3.8) is 0 Å². The first-order valence-electron chi connectivity index (χ1n) is 8.94. The second kappa shape index (κ2) is 6.75. The molecule has 0 spiro atoms. The minimum Gasteiger partial charge on any atom is -0.485 e. The van der Waals surface area contributed by atoms with Crippen molar-refractivity contribution in [2.24, 2.45) is 0 Å². The number of amides is 1. The number of benzene rings is 1. The Hall–Kier alpha value is -2.35. The molecule has 1 saturated heterocycles. The fraction of sp³-hybridized carbons (Fsp3) is 0.611. The molecule has 1 aromatic carbocycles. The molecule has 1 atom stereocenters. The number of anilines is 2. The standard InChI is InChI=1S/C18H25N3O5/c1-11(22)19-16-13(21(24)25)10-14-12(9-15(23)18(2,3)26-14)17(16)20-7-5-4-6-8-20/h10,15,23H,4-9H2,1-3H3,(H,19,22)/t15-/m0/s1. The van der Waals surface area contributed by atoms with Crippen LogP contribution in [-0.4, -0.2) is 40.7 Å². The lowest BCUT2D eigenvalue weighted by Gasteiger charge is -2.40. The normalized spacial score (nSPS) is 21.5. The van der Waals surface area contributed by atoms with Gasteiger partial charge in [0, 0.05) is 32.0 Å². The van der Waals surface area contributed by atoms with Gasteiger partial charge in [-0.1, -0.05) is 0 Å². The van der Waals surface area contributed by atoms with Gasteiger partial charge >= 0.3 is 0 Å². The first-order chi connectivity index (χ1) is 12.2. The van der Waals surface area contributed by atoms with E-state index in [1.165, 1.54) is 13.0 Å². The fourth-order valence-corrected chi connectivity index (χ4v) is 3.66. The highest BCUT2D eigenvalue weighted by Crippen LogP contribution is 2.48. The average molecular weight is 363 g/mol. The van der Waals surface area contributed by atoms with Crippen LogP contribution < -0.4 is 15.0 Å². The molecule has 1 fully saturated rings. The summed E-state index contributed by atoms with van der Waals surface area (Å²) in [5.74, 6) is 0.0330. The quantitative estimate of drug-likeness (QED) is 0.632. The number of rotatable bonds is 3. The number of hydrogen-bond acceptors (Lipinski definition) is 6. The Balaban J connectivity index is 2.23. The molecule has 1 aromatic rings. The van der Waals surface area contributed by atoms with Crippen molar-refractivity contribution in [2.75, 3.05) is 23.3 Å². The van der Waals surface area contributed by atoms with Crippen LogP contribution in [0.5, 0.6) is 5.75 Å². The van der Waals surface area contributed by atoms with Crippen LogP contribution in [0.2, 0.25) is 0 Å². The number of piperidine rings is 1. The van der Waals surface area contributed by atoms with E-state index in [2.05, 4.69) is 10.2 Å². The van der Waals surface area contributed by atoms with E-state index < -0.39 is 16.6 Å². The molecule has 1 amide bonds. The molecule has 0 aliphatic carbocycles. The SMILES string of the molecule is CC(=O)Nc1c([N+](=O)[O-])cc2c(c1N1CCCCC1)C[C@H](O)C(C)(C)O2. The molecule has 26 heavy (non-hydrogen) atoms. The summed E-state index contributed by atoms with van der Waals surface area (Å²) in [6.45, 7) is 6.35. The Morgan fingerprint density at radius 2 is 2.04 bits per heavy atom. The number of carbonyl (C=O) groups excluding carboxylic acids is 1. The van der Waals surface area contributed by atoms with Gasteiger partial charge in [0.2, 0.25) is 5.91 Å². The summed E-state index contributed by atoms with van der Waals surface area (Å²) in [6, 6.07) is 1.36. The van der Waals surface area contributed by atoms with E-state index in [4.69, 9.17) is 4.74 Å². The van der Waals surface area contributed by atoms with Crippen molar-refractivity contribution < 1.29 is 19.6 Å². The molecule has 8 heteroatoms. The number of nitro benzene ring substituents is 1. The Morgan fingerprint density at radius 3 is 2.62 bits per heavy atom. The number of aliphatic hydroxyl groups excluding tert-OH is 1. The summed E-state index contributed by atoms with van der Waals surface area (Å²) >= 11 is 0. The van der Waals surface area contributed by atoms with Crippen LogP contribution in [0.3, 0.4) is 0 Å². The Labute approximate surface area is 152 Å². The molecule has 3 rings (SSSR count). The second-order valence-electron chi connectivity index (χ2n) is 7.51. The molecule has 8 nitrogen and oxygen atoms in total. The lowest BCUT2D eigenvalue weighted by molar-refractivity contribution is -0.384. The highest BCUT2D eigenvalue weighted by molar-refractivity contribution is 5.98. The number of fused-ring (bicyclic) bond motifs is 1. The van der Waals surface area contributed by atoms with Crippen LogP contribution >= 0.6 is 0 Å². The Kier molecular flexibility index (Phi) is 4.79. The van der Waals surface area contributed by atoms with Gasteiger partial charge in [-0.25, -0.2) is 0 Å². The first kappa shape index (κ1) is 18.4. The Morgan fingerprint density at radius 1 is 1.38 bits per heavy atom. The lowest BCUT2D eigenvalue weighted by Crippen LogP contribution is -2.47. The zero-order valence-electron chi connectivity index (χ0n) is 15.4. The first-order valence-corrected chi connectivity index (χ1v) is 8.94. The molecule has 0 unspecified atom stereocenters. The van der Waals surface area contributed by atoms with Crippen LogP contribution in [0, 0.1) is 10.1 Å². The minimum atomic E-state index is -0.838. The van der Waals surface area contributed by atoms with Crippen molar-refractivity contribution in [1.82, 2.24) is 0 Å². The van der Waals surface area contributed by atoms with Crippen LogP contribution in [0.15, 0.2) is 6.07 Å². The number of nitrogens with zero attached hydrogens (tertiary/aromatic N) is 2. The van der Waals surface area contributed by atoms with Gasteiger partial charge in [-0.15, -0.1) is 0 Å². The smallest absolute Gasteiger partial charge is 0.298 e. The Bertz CT molecular complexity index is 741. The van der Waals surface area contributed by atoms with Gasteiger partial charge in [0.05, 0.1) is 22.8 Å². The number of nitro groups is 1. The molecule has 0 saturated carbocycles. The summed E-state index contributed by atoms with van der Waals surface area (Å²) in [6.07, 6.45) is 2.64. The maximum absolute atomic E-state index is 11.7. The molecule has 2 N–H and O–H groups in total. The van der Waals surface area contributed by atoms with Gasteiger partial charge in [-0.2, -0.15) is 0 Å². The molecule has 0 bridgehead atoms. The number of aliphatic hydroxyl groups is 1. The monoisotopic (exact) mass is 363 g/mol. The predicted octanol–water partition coefficient (Wildman–Crippen LogP) is 2.62. The lowest BCUT2D eigenvalue weighted by atomic mass is 9.88. The van der Waals surface area contributed by atoms with Crippen LogP contribution in [0.4, 0.5) is 17.1 Å². The van der Waals surface area contributed by atoms with E-state index in [1.54, 1.807) is 13.8 Å². The van der Waals surface area contributed by atoms with Crippen LogP contribution in [0.1, 0.15) is 45.6 Å². The number of hydrogen-bond donors (Lipinski definition) is 2. The summed E-state index contributed by atoms with van der Waals surface area (Å²) in [4.78, 5) is 25.0. The van der Waals surface area contributed by atoms with Crippen LogP contribution in [-0.2, 0) is 11.2 Å². The third kappa shape index (κ3) is 3.33. The maximum Gasteiger partial charge on any atom is 0.298 e. The highest BCUT2D eigenvalue weighted by Gasteiger charge is 2.40. The molecular formula is C18H25N3O5. The number of nitrogens with one attached hydrogen (secondary N) is 1. The summed E-state index contributed by atoms with van der Waals surface area (Å²) in [7, 11) is 0. The maximum atomic E-state index is 11.7. The van der Waals surface area contributed by atoms with Crippen molar-refractivity contribution in [3.8, 4) is 5.75 Å². The van der Waals surface area contributed by atoms with E-state index in [0.29, 0.717) is 23.4 Å². The molecule has 2 aliphatic rings. The van der Waals surface area contributed by atoms with E-state index in [1.807, 2.05) is 0 Å². The topological polar surface area (TPSA) is 105 Å². The van der Waals surface area contributed by atoms with E-state index in [0.717, 1.165) is 32.4 Å². The van der Waals surface area contributed by atoms with Gasteiger partial charge in [0.25, 0.3) is 5.69 Å². The third-order valence-electron chi connectivity index (χ3n) is 5.09. The second-order valence-corrected chi connectivity index (χ2v) is 7.51. The van der Waals surface area contributed by atoms with Crippen molar-refractivity contribution >= 4 is 23.0 Å². The zero-order valence-corrected chi connectivity index (χ0v) is 15.4. The fourth-order valence-electron chi connectivity index (χ4n) is 3.66. The number of carbonyl (C=O) groups is 1. The summed E-state index contributed by atoms with van der Waals surface area (Å²) < 4.78 is 5.92. The largest absolute Gasteiger partial charge is 0.485 e. The molecular weight excluding hydrogens is 338 g/mol. The minimum absolute atomic E-state index is 0.188. The van der Waals surface area contributed by atoms with Gasteiger partial charge in [0.15, 0.2) is 0 Å². The predicted molar refractivity (Wildman–Crippen MR) is 97.9 cm³/mol. The van der Waals surface area contributed by atoms with E-state index in [-0.39, 0.29) is 17.3 Å². The van der Waals surface area contributed by atoms with Crippen LogP contribution in [0.25, 0.3) is 0 Å². The summed E-state index contributed by atoms with van der Waals surface area (Å²) in [5.41, 5.74) is 0.493. The third-order valence-corrected chi connectivity index (χ3v) is 5.09. The molecule has 0 radical (unpaired) electrons. The van der Waals surface area contributed by atoms with E-state index >= 15 is 0 Å². The van der Waals surface area contributed by atoms with Crippen molar-refractivity contribution in [3.05, 3.63) is 21.7 Å². The molecule has 142 valence electrons. The number of ether oxygens (including phenoxy) is 1. The summed E-state index contributed by atoms with van der Waals surface area (Å²) in [5, 5.41) is 24.8. The van der Waals surface area contributed by atoms with Gasteiger partial charge in [0.1, 0.15) is 17.0 Å². The van der Waals surface area contributed by atoms with Gasteiger partial charge in [-0.05, 0) is 33.1 Å². The highest BCUT2D eigenvalue weighted by atomic mass is 16.6.